The van der Waals surface area contributed by atoms with E-state index in [1.165, 1.54) is 25.1 Å². The van der Waals surface area contributed by atoms with E-state index in [1.54, 1.807) is 18.2 Å². The number of carbonyl (C=O) groups excluding carboxylic acids is 2. The number of carbonyl (C=O) groups is 3. The predicted molar refractivity (Wildman–Crippen MR) is 129 cm³/mol. The lowest BCUT2D eigenvalue weighted by Gasteiger charge is -2.38. The molecular weight excluding hydrogens is 498 g/mol. The van der Waals surface area contributed by atoms with Crippen molar-refractivity contribution in [2.24, 2.45) is 5.41 Å². The second kappa shape index (κ2) is 9.08. The van der Waals surface area contributed by atoms with E-state index in [4.69, 9.17) is 27.9 Å². The molecule has 0 radical (unpaired) electrons. The molecule has 0 bridgehead atoms. The maximum atomic E-state index is 15.4. The Kier molecular flexibility index (Phi) is 6.59. The summed E-state index contributed by atoms with van der Waals surface area (Å²) in [7, 11) is 0. The van der Waals surface area contributed by atoms with Gasteiger partial charge in [-0.15, -0.1) is 0 Å². The first-order valence-corrected chi connectivity index (χ1v) is 11.8. The zero-order chi connectivity index (χ0) is 25.7. The molecule has 186 valence electrons. The molecule has 2 aliphatic rings. The first-order chi connectivity index (χ1) is 16.4. The van der Waals surface area contributed by atoms with Crippen LogP contribution in [0.2, 0.25) is 10.0 Å². The number of carboxylic acid groups (broad SMARTS) is 1. The van der Waals surface area contributed by atoms with Gasteiger partial charge in [0, 0.05) is 35.0 Å². The van der Waals surface area contributed by atoms with E-state index in [0.29, 0.717) is 16.3 Å². The minimum atomic E-state index is -1.50. The van der Waals surface area contributed by atoms with E-state index < -0.39 is 52.5 Å². The Morgan fingerprint density at radius 3 is 2.60 bits per heavy atom. The van der Waals surface area contributed by atoms with Crippen LogP contribution < -0.4 is 10.6 Å². The predicted octanol–water partition coefficient (Wildman–Crippen LogP) is 4.51. The molecule has 0 aromatic heterocycles. The van der Waals surface area contributed by atoms with E-state index in [2.05, 4.69) is 10.6 Å². The monoisotopic (exact) mass is 522 g/mol. The standard InChI is InChI=1S/C25H25Cl2FN2O5/c1-12(31)35-11-24(2,3)10-18-25(15-8-7-13(26)9-17(15)29-23(25)34)19(21(30-18)22(32)33)14-5-4-6-16(27)20(14)28/h4-9,18-19,21,30H,10-11H2,1-3H3,(H,29,34)(H,32,33). The number of nitrogens with one attached hydrogen (secondary N) is 2. The van der Waals surface area contributed by atoms with Crippen LogP contribution in [0.15, 0.2) is 36.4 Å². The number of fused-ring (bicyclic) bond motifs is 2. The number of rotatable bonds is 6. The number of ether oxygens (including phenoxy) is 1. The van der Waals surface area contributed by atoms with Crippen molar-refractivity contribution in [1.82, 2.24) is 5.32 Å². The number of hydrogen-bond acceptors (Lipinski definition) is 5. The Bertz CT molecular complexity index is 1220. The molecular formula is C25H25Cl2FN2O5. The second-order valence-corrected chi connectivity index (χ2v) is 10.7. The molecule has 0 aliphatic carbocycles. The van der Waals surface area contributed by atoms with E-state index in [1.807, 2.05) is 13.8 Å². The molecule has 0 saturated carbocycles. The van der Waals surface area contributed by atoms with Gasteiger partial charge in [-0.25, -0.2) is 4.39 Å². The smallest absolute Gasteiger partial charge is 0.321 e. The zero-order valence-corrected chi connectivity index (χ0v) is 20.8. The van der Waals surface area contributed by atoms with Gasteiger partial charge in [-0.3, -0.25) is 19.7 Å². The Labute approximate surface area is 211 Å². The maximum absolute atomic E-state index is 15.4. The summed E-state index contributed by atoms with van der Waals surface area (Å²) >= 11 is 12.2. The van der Waals surface area contributed by atoms with Gasteiger partial charge in [-0.05, 0) is 35.7 Å². The van der Waals surface area contributed by atoms with Gasteiger partial charge in [0.15, 0.2) is 0 Å². The molecule has 4 atom stereocenters. The van der Waals surface area contributed by atoms with Gasteiger partial charge in [-0.1, -0.05) is 55.2 Å². The molecule has 2 aliphatic heterocycles. The van der Waals surface area contributed by atoms with Crippen LogP contribution >= 0.6 is 23.2 Å². The highest BCUT2D eigenvalue weighted by Gasteiger charge is 2.66. The highest BCUT2D eigenvalue weighted by atomic mass is 35.5. The fraction of sp³-hybridized carbons (Fsp3) is 0.400. The van der Waals surface area contributed by atoms with Gasteiger partial charge in [0.1, 0.15) is 17.3 Å². The van der Waals surface area contributed by atoms with Crippen LogP contribution in [0.5, 0.6) is 0 Å². The number of halogens is 3. The minimum Gasteiger partial charge on any atom is -0.480 e. The zero-order valence-electron chi connectivity index (χ0n) is 19.3. The summed E-state index contributed by atoms with van der Waals surface area (Å²) < 4.78 is 20.6. The van der Waals surface area contributed by atoms with E-state index in [0.717, 1.165) is 0 Å². The largest absolute Gasteiger partial charge is 0.480 e. The highest BCUT2D eigenvalue weighted by molar-refractivity contribution is 6.31. The molecule has 1 amide bonds. The number of hydrogen-bond donors (Lipinski definition) is 3. The van der Waals surface area contributed by atoms with Crippen LogP contribution in [-0.4, -0.2) is 41.6 Å². The SMILES string of the molecule is CC(=O)OCC(C)(C)CC1NC(C(=O)O)C(c2cccc(Cl)c2F)C12C(=O)Nc1cc(Cl)ccc12. The molecule has 2 aromatic carbocycles. The van der Waals surface area contributed by atoms with Crippen molar-refractivity contribution in [3.8, 4) is 0 Å². The first-order valence-electron chi connectivity index (χ1n) is 11.1. The normalized spacial score (nSPS) is 25.4. The lowest BCUT2D eigenvalue weighted by atomic mass is 9.62. The quantitative estimate of drug-likeness (QED) is 0.482. The molecule has 2 aromatic rings. The first kappa shape index (κ1) is 25.4. The van der Waals surface area contributed by atoms with Crippen LogP contribution in [0, 0.1) is 11.2 Å². The van der Waals surface area contributed by atoms with Crippen molar-refractivity contribution in [2.75, 3.05) is 11.9 Å². The van der Waals surface area contributed by atoms with E-state index >= 15 is 4.39 Å². The van der Waals surface area contributed by atoms with Crippen LogP contribution in [-0.2, 0) is 24.5 Å². The van der Waals surface area contributed by atoms with Gasteiger partial charge in [0.2, 0.25) is 5.91 Å². The summed E-state index contributed by atoms with van der Waals surface area (Å²) in [5, 5.41) is 16.3. The summed E-state index contributed by atoms with van der Waals surface area (Å²) in [6.07, 6.45) is 0.248. The maximum Gasteiger partial charge on any atom is 0.321 e. The summed E-state index contributed by atoms with van der Waals surface area (Å²) in [6, 6.07) is 7.17. The molecule has 7 nitrogen and oxygen atoms in total. The van der Waals surface area contributed by atoms with Crippen molar-refractivity contribution in [2.45, 2.75) is 50.6 Å². The average molecular weight is 523 g/mol. The molecule has 4 unspecified atom stereocenters. The molecule has 10 heteroatoms. The Balaban J connectivity index is 1.95. The summed E-state index contributed by atoms with van der Waals surface area (Å²) in [6.45, 7) is 5.06. The number of carboxylic acids is 1. The molecule has 4 rings (SSSR count). The van der Waals surface area contributed by atoms with Gasteiger partial charge < -0.3 is 15.2 Å². The Hall–Kier alpha value is -2.68. The van der Waals surface area contributed by atoms with E-state index in [-0.39, 0.29) is 23.6 Å². The molecule has 1 saturated heterocycles. The van der Waals surface area contributed by atoms with Crippen molar-refractivity contribution in [1.29, 1.82) is 0 Å². The third-order valence-electron chi connectivity index (χ3n) is 6.81. The minimum absolute atomic E-state index is 0.0237. The number of amides is 1. The number of esters is 1. The highest BCUT2D eigenvalue weighted by Crippen LogP contribution is 2.57. The fourth-order valence-electron chi connectivity index (χ4n) is 5.44. The summed E-state index contributed by atoms with van der Waals surface area (Å²) in [5.41, 5.74) is -1.17. The lowest BCUT2D eigenvalue weighted by molar-refractivity contribution is -0.144. The molecule has 2 heterocycles. The molecule has 35 heavy (non-hydrogen) atoms. The van der Waals surface area contributed by atoms with Crippen LogP contribution in [0.25, 0.3) is 0 Å². The van der Waals surface area contributed by atoms with Crippen LogP contribution in [0.1, 0.15) is 44.2 Å². The molecule has 1 spiro atoms. The van der Waals surface area contributed by atoms with E-state index in [9.17, 15) is 19.5 Å². The average Bonchev–Trinajstić information content (AvgIpc) is 3.24. The van der Waals surface area contributed by atoms with Crippen molar-refractivity contribution in [3.63, 3.8) is 0 Å². The van der Waals surface area contributed by atoms with Gasteiger partial charge in [0.25, 0.3) is 0 Å². The Morgan fingerprint density at radius 1 is 1.23 bits per heavy atom. The Morgan fingerprint density at radius 2 is 1.94 bits per heavy atom. The lowest BCUT2D eigenvalue weighted by Crippen LogP contribution is -2.50. The van der Waals surface area contributed by atoms with Crippen LogP contribution in [0.3, 0.4) is 0 Å². The summed E-state index contributed by atoms with van der Waals surface area (Å²) in [5.74, 6) is -4.06. The van der Waals surface area contributed by atoms with Crippen molar-refractivity contribution in [3.05, 3.63) is 63.4 Å². The van der Waals surface area contributed by atoms with Gasteiger partial charge in [0.05, 0.1) is 11.6 Å². The fourth-order valence-corrected chi connectivity index (χ4v) is 5.79. The number of anilines is 1. The van der Waals surface area contributed by atoms with Crippen molar-refractivity contribution >= 4 is 46.7 Å². The van der Waals surface area contributed by atoms with Crippen LogP contribution in [0.4, 0.5) is 10.1 Å². The topological polar surface area (TPSA) is 105 Å². The molecule has 3 N–H and O–H groups in total. The number of benzene rings is 2. The molecule has 1 fully saturated rings. The number of aliphatic carboxylic acids is 1. The third-order valence-corrected chi connectivity index (χ3v) is 7.34. The van der Waals surface area contributed by atoms with Gasteiger partial charge in [-0.2, -0.15) is 0 Å². The summed E-state index contributed by atoms with van der Waals surface area (Å²) in [4.78, 5) is 37.8. The second-order valence-electron chi connectivity index (χ2n) is 9.82. The van der Waals surface area contributed by atoms with Gasteiger partial charge >= 0.3 is 11.9 Å². The third kappa shape index (κ3) is 4.28. The van der Waals surface area contributed by atoms with Crippen molar-refractivity contribution < 1.29 is 28.6 Å².